The lowest BCUT2D eigenvalue weighted by Crippen LogP contribution is -2.43. The van der Waals surface area contributed by atoms with Crippen molar-refractivity contribution in [1.82, 2.24) is 0 Å². The molecule has 0 aliphatic carbocycles. The van der Waals surface area contributed by atoms with Crippen molar-refractivity contribution < 1.29 is 9.53 Å². The number of alkyl halides is 1. The van der Waals surface area contributed by atoms with Crippen LogP contribution in [-0.4, -0.2) is 18.1 Å². The average molecular weight is 298 g/mol. The molecule has 1 aromatic rings. The van der Waals surface area contributed by atoms with E-state index in [-0.39, 0.29) is 6.61 Å². The lowest BCUT2D eigenvalue weighted by Gasteiger charge is -2.23. The minimum atomic E-state index is -1.14. The molecule has 0 bridgehead atoms. The molecule has 0 radical (unpaired) electrons. The molecule has 0 aliphatic heterocycles. The Kier molecular flexibility index (Phi) is 5.33. The van der Waals surface area contributed by atoms with E-state index in [0.717, 1.165) is 5.01 Å². The maximum Gasteiger partial charge on any atom is 0.345 e. The van der Waals surface area contributed by atoms with Gasteiger partial charge in [0, 0.05) is 5.02 Å². The number of hydrazine groups is 1. The maximum atomic E-state index is 11.4. The van der Waals surface area contributed by atoms with Crippen molar-refractivity contribution in [1.29, 1.82) is 0 Å². The molecule has 4 nitrogen and oxygen atoms in total. The van der Waals surface area contributed by atoms with Crippen molar-refractivity contribution in [3.8, 4) is 0 Å². The first kappa shape index (κ1) is 14.4. The van der Waals surface area contributed by atoms with Crippen molar-refractivity contribution >= 4 is 46.5 Å². The number of carbonyl (C=O) groups excluding carboxylic acids is 1. The van der Waals surface area contributed by atoms with Crippen LogP contribution in [0, 0.1) is 0 Å². The molecular formula is C10H11Cl3N2O2. The molecule has 0 aromatic heterocycles. The van der Waals surface area contributed by atoms with Crippen LogP contribution in [0.3, 0.4) is 0 Å². The van der Waals surface area contributed by atoms with Gasteiger partial charge in [-0.3, -0.25) is 5.01 Å². The number of benzene rings is 1. The van der Waals surface area contributed by atoms with Crippen LogP contribution in [0.1, 0.15) is 6.92 Å². The van der Waals surface area contributed by atoms with Crippen LogP contribution >= 0.6 is 34.8 Å². The minimum Gasteiger partial charge on any atom is -0.463 e. The van der Waals surface area contributed by atoms with Gasteiger partial charge in [0.1, 0.15) is 0 Å². The highest BCUT2D eigenvalue weighted by Gasteiger charge is 2.24. The van der Waals surface area contributed by atoms with E-state index in [1.807, 2.05) is 0 Å². The number of rotatable bonds is 4. The third kappa shape index (κ3) is 3.64. The van der Waals surface area contributed by atoms with E-state index in [2.05, 4.69) is 0 Å². The summed E-state index contributed by atoms with van der Waals surface area (Å²) in [6, 6.07) is 4.67. The van der Waals surface area contributed by atoms with Gasteiger partial charge in [0.15, 0.2) is 0 Å². The molecule has 0 saturated carbocycles. The quantitative estimate of drug-likeness (QED) is 0.305. The predicted molar refractivity (Wildman–Crippen MR) is 69.4 cm³/mol. The summed E-state index contributed by atoms with van der Waals surface area (Å²) >= 11 is 17.5. The molecule has 0 aliphatic rings. The van der Waals surface area contributed by atoms with Gasteiger partial charge in [-0.1, -0.05) is 34.8 Å². The summed E-state index contributed by atoms with van der Waals surface area (Å²) < 4.78 is 4.75. The molecular weight excluding hydrogens is 286 g/mol. The van der Waals surface area contributed by atoms with Gasteiger partial charge in [-0.15, -0.1) is 0 Å². The second-order valence-electron chi connectivity index (χ2n) is 3.09. The van der Waals surface area contributed by atoms with Gasteiger partial charge in [0.25, 0.3) is 0 Å². The van der Waals surface area contributed by atoms with E-state index in [1.165, 1.54) is 6.07 Å². The van der Waals surface area contributed by atoms with Crippen molar-refractivity contribution in [2.45, 2.75) is 12.4 Å². The molecule has 1 aromatic carbocycles. The van der Waals surface area contributed by atoms with Crippen LogP contribution < -0.4 is 10.9 Å². The second kappa shape index (κ2) is 6.31. The van der Waals surface area contributed by atoms with Crippen LogP contribution in [0.25, 0.3) is 0 Å². The number of ether oxygens (including phenoxy) is 1. The van der Waals surface area contributed by atoms with E-state index in [4.69, 9.17) is 45.4 Å². The van der Waals surface area contributed by atoms with Crippen molar-refractivity contribution in [3.05, 3.63) is 28.2 Å². The molecule has 1 atom stereocenters. The Morgan fingerprint density at radius 2 is 2.18 bits per heavy atom. The Bertz CT molecular complexity index is 415. The molecule has 7 heteroatoms. The van der Waals surface area contributed by atoms with Gasteiger partial charge in [-0.05, 0) is 25.1 Å². The third-order valence-electron chi connectivity index (χ3n) is 1.91. The molecule has 0 saturated heterocycles. The zero-order valence-corrected chi connectivity index (χ0v) is 11.3. The Balaban J connectivity index is 2.88. The first-order chi connectivity index (χ1) is 7.97. The molecule has 94 valence electrons. The highest BCUT2D eigenvalue weighted by atomic mass is 35.5. The summed E-state index contributed by atoms with van der Waals surface area (Å²) in [7, 11) is 0. The molecule has 2 N–H and O–H groups in total. The fourth-order valence-electron chi connectivity index (χ4n) is 1.14. The summed E-state index contributed by atoms with van der Waals surface area (Å²) in [6.07, 6.45) is 0. The van der Waals surface area contributed by atoms with Crippen molar-refractivity contribution in [3.63, 3.8) is 0 Å². The van der Waals surface area contributed by atoms with Crippen LogP contribution in [0.5, 0.6) is 0 Å². The molecule has 0 spiro atoms. The lowest BCUT2D eigenvalue weighted by atomic mass is 10.3. The molecule has 0 heterocycles. The van der Waals surface area contributed by atoms with E-state index in [1.54, 1.807) is 19.1 Å². The topological polar surface area (TPSA) is 55.6 Å². The summed E-state index contributed by atoms with van der Waals surface area (Å²) in [4.78, 5) is 11.4. The Morgan fingerprint density at radius 3 is 2.71 bits per heavy atom. The predicted octanol–water partition coefficient (Wildman–Crippen LogP) is 2.80. The third-order valence-corrected chi connectivity index (χ3v) is 2.84. The van der Waals surface area contributed by atoms with Crippen molar-refractivity contribution in [2.75, 3.05) is 11.6 Å². The van der Waals surface area contributed by atoms with Crippen LogP contribution in [0.4, 0.5) is 5.69 Å². The monoisotopic (exact) mass is 296 g/mol. The zero-order chi connectivity index (χ0) is 13.0. The Morgan fingerprint density at radius 1 is 1.53 bits per heavy atom. The number of hydrogen-bond donors (Lipinski definition) is 1. The molecule has 1 rings (SSSR count). The number of nitrogens with two attached hydrogens (primary N) is 1. The van der Waals surface area contributed by atoms with Gasteiger partial charge >= 0.3 is 5.97 Å². The molecule has 0 fully saturated rings. The number of carbonyl (C=O) groups is 1. The average Bonchev–Trinajstić information content (AvgIpc) is 2.27. The van der Waals surface area contributed by atoms with Crippen LogP contribution in [0.15, 0.2) is 18.2 Å². The van der Waals surface area contributed by atoms with Gasteiger partial charge < -0.3 is 4.74 Å². The standard InChI is InChI=1S/C10H11Cl3N2O2/c1-2-17-10(16)9(13)15(14)8-4-3-6(11)5-7(8)12/h3-5,9H,2,14H2,1H3. The second-order valence-corrected chi connectivity index (χ2v) is 4.35. The summed E-state index contributed by atoms with van der Waals surface area (Å²) in [5.41, 5.74) is -0.752. The number of esters is 1. The van der Waals surface area contributed by atoms with Gasteiger partial charge in [-0.25, -0.2) is 10.6 Å². The van der Waals surface area contributed by atoms with Gasteiger partial charge in [0.2, 0.25) is 5.50 Å². The largest absolute Gasteiger partial charge is 0.463 e. The SMILES string of the molecule is CCOC(=O)C(Cl)N(N)c1ccc(Cl)cc1Cl. The molecule has 1 unspecified atom stereocenters. The van der Waals surface area contributed by atoms with E-state index in [9.17, 15) is 4.79 Å². The number of anilines is 1. The van der Waals surface area contributed by atoms with E-state index in [0.29, 0.717) is 15.7 Å². The van der Waals surface area contributed by atoms with Crippen LogP contribution in [0.2, 0.25) is 10.0 Å². The summed E-state index contributed by atoms with van der Waals surface area (Å²) in [6.45, 7) is 1.90. The van der Waals surface area contributed by atoms with E-state index < -0.39 is 11.5 Å². The smallest absolute Gasteiger partial charge is 0.345 e. The fourth-order valence-corrected chi connectivity index (χ4v) is 1.81. The van der Waals surface area contributed by atoms with Crippen molar-refractivity contribution in [2.24, 2.45) is 5.84 Å². The fraction of sp³-hybridized carbons (Fsp3) is 0.300. The Hall–Kier alpha value is -0.680. The van der Waals surface area contributed by atoms with E-state index >= 15 is 0 Å². The first-order valence-corrected chi connectivity index (χ1v) is 5.96. The highest BCUT2D eigenvalue weighted by Crippen LogP contribution is 2.29. The number of halogens is 3. The first-order valence-electron chi connectivity index (χ1n) is 4.77. The minimum absolute atomic E-state index is 0.226. The lowest BCUT2D eigenvalue weighted by molar-refractivity contribution is -0.142. The number of nitrogens with zero attached hydrogens (tertiary/aromatic N) is 1. The van der Waals surface area contributed by atoms with Gasteiger partial charge in [-0.2, -0.15) is 0 Å². The molecule has 17 heavy (non-hydrogen) atoms. The van der Waals surface area contributed by atoms with Crippen LogP contribution in [-0.2, 0) is 9.53 Å². The maximum absolute atomic E-state index is 11.4. The van der Waals surface area contributed by atoms with Gasteiger partial charge in [0.05, 0.1) is 17.3 Å². The Labute approximate surface area is 114 Å². The summed E-state index contributed by atoms with van der Waals surface area (Å²) in [5.74, 6) is 5.06. The normalized spacial score (nSPS) is 12.1. The zero-order valence-electron chi connectivity index (χ0n) is 8.99. The number of hydrogen-bond acceptors (Lipinski definition) is 4. The summed E-state index contributed by atoms with van der Waals surface area (Å²) in [5, 5.41) is 1.79. The molecule has 0 amide bonds. The highest BCUT2D eigenvalue weighted by molar-refractivity contribution is 6.37.